The van der Waals surface area contributed by atoms with E-state index in [2.05, 4.69) is 49.0 Å². The summed E-state index contributed by atoms with van der Waals surface area (Å²) in [5, 5.41) is 2.65. The second-order valence-electron chi connectivity index (χ2n) is 4.29. The first-order chi connectivity index (χ1) is 9.42. The molecule has 3 rings (SSSR count). The summed E-state index contributed by atoms with van der Waals surface area (Å²) >= 11 is 0. The number of hydrogen-bond acceptors (Lipinski definition) is 0. The second kappa shape index (κ2) is 7.17. The summed E-state index contributed by atoms with van der Waals surface area (Å²) < 4.78 is 0. The molecule has 94 valence electrons. The first-order valence-corrected chi connectivity index (χ1v) is 6.49. The minimum Gasteiger partial charge on any atom is -0.103 e. The molecule has 3 aromatic carbocycles. The third-order valence-electron chi connectivity index (χ3n) is 2.91. The van der Waals surface area contributed by atoms with Gasteiger partial charge in [-0.25, -0.2) is 0 Å². The van der Waals surface area contributed by atoms with Gasteiger partial charge in [0.25, 0.3) is 0 Å². The van der Waals surface area contributed by atoms with Crippen LogP contribution in [-0.2, 0) is 6.42 Å². The molecule has 0 aliphatic carbocycles. The summed E-state index contributed by atoms with van der Waals surface area (Å²) in [6.07, 6.45) is 2.89. The highest BCUT2D eigenvalue weighted by Gasteiger charge is 1.96. The Balaban J connectivity index is 0.000000186. The molecule has 0 radical (unpaired) electrons. The van der Waals surface area contributed by atoms with Crippen LogP contribution in [0, 0.1) is 0 Å². The maximum Gasteiger partial charge on any atom is -0.00940 e. The van der Waals surface area contributed by atoms with E-state index in [-0.39, 0.29) is 0 Å². The number of fused-ring (bicyclic) bond motifs is 1. The van der Waals surface area contributed by atoms with E-state index in [1.165, 1.54) is 16.3 Å². The Bertz CT molecular complexity index is 592. The highest BCUT2D eigenvalue weighted by atomic mass is 14.0. The smallest absolute Gasteiger partial charge is 0.00940 e. The summed E-state index contributed by atoms with van der Waals surface area (Å²) in [5.41, 5.74) is 1.35. The number of hydrogen-bond donors (Lipinski definition) is 0. The van der Waals surface area contributed by atoms with E-state index < -0.39 is 0 Å². The Morgan fingerprint density at radius 1 is 0.684 bits per heavy atom. The molecule has 0 spiro atoms. The van der Waals surface area contributed by atoms with Gasteiger partial charge in [0.15, 0.2) is 0 Å². The molecule has 0 bridgehead atoms. The molecule has 3 aromatic rings. The van der Waals surface area contributed by atoms with E-state index in [1.54, 1.807) is 0 Å². The molecule has 0 saturated heterocycles. The molecular formula is C19H18. The Hall–Kier alpha value is -2.34. The average Bonchev–Trinajstić information content (AvgIpc) is 2.50. The van der Waals surface area contributed by atoms with Crippen LogP contribution < -0.4 is 0 Å². The summed E-state index contributed by atoms with van der Waals surface area (Å²) in [6.45, 7) is 3.76. The highest BCUT2D eigenvalue weighted by Crippen LogP contribution is 2.18. The molecule has 0 N–H and O–H groups in total. The Labute approximate surface area is 115 Å². The lowest BCUT2D eigenvalue weighted by Gasteiger charge is -2.02. The SMILES string of the molecule is C=CCc1cccc2ccccc12.c1ccccc1. The van der Waals surface area contributed by atoms with Crippen molar-refractivity contribution < 1.29 is 0 Å². The van der Waals surface area contributed by atoms with Gasteiger partial charge in [0.05, 0.1) is 0 Å². The standard InChI is InChI=1S/C13H12.C6H6/c1-2-6-11-8-5-9-12-7-3-4-10-13(11)12;1-2-4-6-5-3-1/h2-5,7-10H,1,6H2;1-6H. The van der Waals surface area contributed by atoms with E-state index in [1.807, 2.05) is 42.5 Å². The maximum absolute atomic E-state index is 3.76. The first-order valence-electron chi connectivity index (χ1n) is 6.49. The average molecular weight is 246 g/mol. The van der Waals surface area contributed by atoms with Gasteiger partial charge in [0.2, 0.25) is 0 Å². The van der Waals surface area contributed by atoms with Gasteiger partial charge >= 0.3 is 0 Å². The fourth-order valence-corrected chi connectivity index (χ4v) is 2.01. The molecule has 0 atom stereocenters. The van der Waals surface area contributed by atoms with Crippen LogP contribution in [0.5, 0.6) is 0 Å². The summed E-state index contributed by atoms with van der Waals surface area (Å²) in [5.74, 6) is 0. The summed E-state index contributed by atoms with van der Waals surface area (Å²) in [7, 11) is 0. The van der Waals surface area contributed by atoms with Gasteiger partial charge in [-0.1, -0.05) is 84.9 Å². The predicted octanol–water partition coefficient (Wildman–Crippen LogP) is 5.25. The molecule has 19 heavy (non-hydrogen) atoms. The molecule has 0 aliphatic rings. The van der Waals surface area contributed by atoms with Crippen LogP contribution in [0.15, 0.2) is 91.5 Å². The van der Waals surface area contributed by atoms with Gasteiger partial charge in [-0.2, -0.15) is 0 Å². The van der Waals surface area contributed by atoms with Crippen molar-refractivity contribution in [1.29, 1.82) is 0 Å². The van der Waals surface area contributed by atoms with Gasteiger partial charge in [-0.3, -0.25) is 0 Å². The normalized spacial score (nSPS) is 9.47. The Morgan fingerprint density at radius 2 is 1.26 bits per heavy atom. The lowest BCUT2D eigenvalue weighted by molar-refractivity contribution is 1.31. The lowest BCUT2D eigenvalue weighted by Crippen LogP contribution is -1.82. The van der Waals surface area contributed by atoms with Crippen LogP contribution in [0.25, 0.3) is 10.8 Å². The Kier molecular flexibility index (Phi) is 4.95. The number of benzene rings is 3. The molecule has 0 aromatic heterocycles. The van der Waals surface area contributed by atoms with Crippen molar-refractivity contribution in [1.82, 2.24) is 0 Å². The summed E-state index contributed by atoms with van der Waals surface area (Å²) in [6, 6.07) is 26.8. The van der Waals surface area contributed by atoms with E-state index in [4.69, 9.17) is 0 Å². The van der Waals surface area contributed by atoms with Crippen molar-refractivity contribution in [2.24, 2.45) is 0 Å². The van der Waals surface area contributed by atoms with Crippen molar-refractivity contribution in [2.75, 3.05) is 0 Å². The molecule has 0 aliphatic heterocycles. The zero-order chi connectivity index (χ0) is 13.3. The van der Waals surface area contributed by atoms with Crippen LogP contribution in [0.1, 0.15) is 5.56 Å². The van der Waals surface area contributed by atoms with Gasteiger partial charge in [-0.05, 0) is 22.8 Å². The molecule has 0 saturated carbocycles. The fraction of sp³-hybridized carbons (Fsp3) is 0.0526. The van der Waals surface area contributed by atoms with Gasteiger partial charge < -0.3 is 0 Å². The van der Waals surface area contributed by atoms with Crippen molar-refractivity contribution in [3.63, 3.8) is 0 Å². The monoisotopic (exact) mass is 246 g/mol. The minimum absolute atomic E-state index is 0.946. The number of allylic oxidation sites excluding steroid dienone is 1. The second-order valence-corrected chi connectivity index (χ2v) is 4.29. The van der Waals surface area contributed by atoms with Crippen molar-refractivity contribution in [2.45, 2.75) is 6.42 Å². The van der Waals surface area contributed by atoms with Gasteiger partial charge in [0.1, 0.15) is 0 Å². The van der Waals surface area contributed by atoms with E-state index >= 15 is 0 Å². The summed E-state index contributed by atoms with van der Waals surface area (Å²) in [4.78, 5) is 0. The molecule has 0 heterocycles. The third kappa shape index (κ3) is 3.82. The molecular weight excluding hydrogens is 228 g/mol. The van der Waals surface area contributed by atoms with Crippen molar-refractivity contribution >= 4 is 10.8 Å². The predicted molar refractivity (Wildman–Crippen MR) is 84.3 cm³/mol. The first kappa shape index (κ1) is 13.1. The minimum atomic E-state index is 0.946. The zero-order valence-corrected chi connectivity index (χ0v) is 11.0. The zero-order valence-electron chi connectivity index (χ0n) is 11.0. The Morgan fingerprint density at radius 3 is 1.89 bits per heavy atom. The third-order valence-corrected chi connectivity index (χ3v) is 2.91. The van der Waals surface area contributed by atoms with Crippen LogP contribution in [0.2, 0.25) is 0 Å². The molecule has 0 heteroatoms. The molecule has 0 unspecified atom stereocenters. The van der Waals surface area contributed by atoms with Gasteiger partial charge in [-0.15, -0.1) is 6.58 Å². The fourth-order valence-electron chi connectivity index (χ4n) is 2.01. The van der Waals surface area contributed by atoms with Crippen molar-refractivity contribution in [3.05, 3.63) is 97.1 Å². The molecule has 0 amide bonds. The van der Waals surface area contributed by atoms with E-state index in [9.17, 15) is 0 Å². The topological polar surface area (TPSA) is 0 Å². The van der Waals surface area contributed by atoms with Crippen LogP contribution in [-0.4, -0.2) is 0 Å². The quantitative estimate of drug-likeness (QED) is 0.541. The molecule has 0 fully saturated rings. The van der Waals surface area contributed by atoms with Crippen molar-refractivity contribution in [3.8, 4) is 0 Å². The maximum atomic E-state index is 3.76. The van der Waals surface area contributed by atoms with Crippen LogP contribution in [0.4, 0.5) is 0 Å². The highest BCUT2D eigenvalue weighted by molar-refractivity contribution is 5.85. The lowest BCUT2D eigenvalue weighted by atomic mass is 10.0. The van der Waals surface area contributed by atoms with Gasteiger partial charge in [0, 0.05) is 0 Å². The van der Waals surface area contributed by atoms with E-state index in [0.717, 1.165) is 6.42 Å². The van der Waals surface area contributed by atoms with Crippen LogP contribution >= 0.6 is 0 Å². The van der Waals surface area contributed by atoms with E-state index in [0.29, 0.717) is 0 Å². The van der Waals surface area contributed by atoms with Crippen LogP contribution in [0.3, 0.4) is 0 Å². The number of rotatable bonds is 2. The largest absolute Gasteiger partial charge is 0.103 e. The molecule has 0 nitrogen and oxygen atoms in total.